The van der Waals surface area contributed by atoms with E-state index in [1.807, 2.05) is 4.90 Å². The molecule has 0 spiro atoms. The van der Waals surface area contributed by atoms with Crippen LogP contribution in [0.3, 0.4) is 0 Å². The van der Waals surface area contributed by atoms with Crippen molar-refractivity contribution in [2.45, 2.75) is 31.8 Å². The van der Waals surface area contributed by atoms with E-state index < -0.39 is 0 Å². The lowest BCUT2D eigenvalue weighted by Gasteiger charge is -2.31. The molecule has 1 aliphatic carbocycles. The van der Waals surface area contributed by atoms with Crippen LogP contribution in [0.2, 0.25) is 0 Å². The minimum absolute atomic E-state index is 0.132. The Kier molecular flexibility index (Phi) is 4.24. The van der Waals surface area contributed by atoms with E-state index in [0.29, 0.717) is 19.7 Å². The van der Waals surface area contributed by atoms with Crippen LogP contribution in [0.4, 0.5) is 0 Å². The van der Waals surface area contributed by atoms with Crippen LogP contribution in [0.25, 0.3) is 0 Å². The molecule has 3 rings (SSSR count). The number of thiophene rings is 1. The molecule has 0 radical (unpaired) electrons. The smallest absolute Gasteiger partial charge is 0.264 e. The van der Waals surface area contributed by atoms with Crippen molar-refractivity contribution in [2.75, 3.05) is 25.0 Å². The predicted octanol–water partition coefficient (Wildman–Crippen LogP) is 2.86. The third kappa shape index (κ3) is 2.88. The SMILES string of the molecule is O=C(c1cc2c(s1)CCCC2)N1CCOC(CBr)C1. The highest BCUT2D eigenvalue weighted by molar-refractivity contribution is 9.09. The van der Waals surface area contributed by atoms with Gasteiger partial charge in [-0.05, 0) is 37.3 Å². The van der Waals surface area contributed by atoms with Crippen molar-refractivity contribution < 1.29 is 9.53 Å². The highest BCUT2D eigenvalue weighted by Gasteiger charge is 2.26. The average molecular weight is 344 g/mol. The standard InChI is InChI=1S/C14H18BrNO2S/c15-8-11-9-16(5-6-18-11)14(17)13-7-10-3-1-2-4-12(10)19-13/h7,11H,1-6,8-9H2. The molecule has 2 aliphatic rings. The third-order valence-corrected chi connectivity index (χ3v) is 5.75. The zero-order valence-corrected chi connectivity index (χ0v) is 13.3. The number of carbonyl (C=O) groups excluding carboxylic acids is 1. The van der Waals surface area contributed by atoms with Gasteiger partial charge in [0.2, 0.25) is 0 Å². The van der Waals surface area contributed by atoms with Crippen LogP contribution in [-0.2, 0) is 17.6 Å². The molecule has 1 atom stereocenters. The normalized spacial score (nSPS) is 23.2. The Labute approximate surface area is 126 Å². The van der Waals surface area contributed by atoms with Gasteiger partial charge in [0.1, 0.15) is 0 Å². The molecular formula is C14H18BrNO2S. The molecule has 0 bridgehead atoms. The maximum absolute atomic E-state index is 12.5. The van der Waals surface area contributed by atoms with Crippen LogP contribution < -0.4 is 0 Å². The Balaban J connectivity index is 1.74. The van der Waals surface area contributed by atoms with Crippen molar-refractivity contribution in [3.8, 4) is 0 Å². The van der Waals surface area contributed by atoms with E-state index >= 15 is 0 Å². The van der Waals surface area contributed by atoms with Crippen molar-refractivity contribution in [2.24, 2.45) is 0 Å². The number of amides is 1. The molecule has 1 saturated heterocycles. The topological polar surface area (TPSA) is 29.5 Å². The number of aryl methyl sites for hydroxylation is 2. The van der Waals surface area contributed by atoms with Gasteiger partial charge in [-0.25, -0.2) is 0 Å². The Morgan fingerprint density at radius 1 is 1.47 bits per heavy atom. The lowest BCUT2D eigenvalue weighted by atomic mass is 9.99. The molecule has 19 heavy (non-hydrogen) atoms. The minimum atomic E-state index is 0.132. The second-order valence-electron chi connectivity index (χ2n) is 5.16. The number of ether oxygens (including phenoxy) is 1. The number of hydrogen-bond donors (Lipinski definition) is 0. The summed E-state index contributed by atoms with van der Waals surface area (Å²) in [5, 5.41) is 0.789. The van der Waals surface area contributed by atoms with Crippen LogP contribution in [0.1, 0.15) is 33.0 Å². The molecule has 1 aromatic heterocycles. The summed E-state index contributed by atoms with van der Waals surface area (Å²) in [6.45, 7) is 2.06. The fourth-order valence-corrected chi connectivity index (χ4v) is 4.36. The van der Waals surface area contributed by atoms with Crippen molar-refractivity contribution in [3.63, 3.8) is 0 Å². The number of carbonyl (C=O) groups is 1. The summed E-state index contributed by atoms with van der Waals surface area (Å²) in [6.07, 6.45) is 4.96. The third-order valence-electron chi connectivity index (χ3n) is 3.81. The lowest BCUT2D eigenvalue weighted by Crippen LogP contribution is -2.46. The van der Waals surface area contributed by atoms with Gasteiger partial charge in [-0.3, -0.25) is 4.79 Å². The van der Waals surface area contributed by atoms with Gasteiger partial charge in [0, 0.05) is 23.3 Å². The summed E-state index contributed by atoms with van der Waals surface area (Å²) >= 11 is 5.13. The number of morpholine rings is 1. The summed E-state index contributed by atoms with van der Waals surface area (Å²) in [7, 11) is 0. The highest BCUT2D eigenvalue weighted by Crippen LogP contribution is 2.30. The fraction of sp³-hybridized carbons (Fsp3) is 0.643. The Morgan fingerprint density at radius 2 is 2.32 bits per heavy atom. The first kappa shape index (κ1) is 13.6. The zero-order chi connectivity index (χ0) is 13.2. The van der Waals surface area contributed by atoms with Gasteiger partial charge < -0.3 is 9.64 Å². The van der Waals surface area contributed by atoms with Crippen molar-refractivity contribution in [1.82, 2.24) is 4.90 Å². The number of hydrogen-bond acceptors (Lipinski definition) is 3. The van der Waals surface area contributed by atoms with Crippen LogP contribution >= 0.6 is 27.3 Å². The average Bonchev–Trinajstić information content (AvgIpc) is 2.90. The molecule has 1 aromatic rings. The molecular weight excluding hydrogens is 326 g/mol. The molecule has 104 valence electrons. The second-order valence-corrected chi connectivity index (χ2v) is 6.95. The summed E-state index contributed by atoms with van der Waals surface area (Å²) in [5.74, 6) is 0.189. The van der Waals surface area contributed by atoms with E-state index in [9.17, 15) is 4.79 Å². The summed E-state index contributed by atoms with van der Waals surface area (Å²) in [4.78, 5) is 16.8. The van der Waals surface area contributed by atoms with E-state index in [0.717, 1.165) is 23.0 Å². The molecule has 1 amide bonds. The van der Waals surface area contributed by atoms with Gasteiger partial charge in [-0.1, -0.05) is 15.9 Å². The Morgan fingerprint density at radius 3 is 3.11 bits per heavy atom. The predicted molar refractivity (Wildman–Crippen MR) is 80.4 cm³/mol. The maximum atomic E-state index is 12.5. The lowest BCUT2D eigenvalue weighted by molar-refractivity contribution is -0.00946. The summed E-state index contributed by atoms with van der Waals surface area (Å²) in [6, 6.07) is 2.13. The molecule has 1 aliphatic heterocycles. The summed E-state index contributed by atoms with van der Waals surface area (Å²) < 4.78 is 5.59. The molecule has 2 heterocycles. The van der Waals surface area contributed by atoms with Crippen LogP contribution in [0.5, 0.6) is 0 Å². The van der Waals surface area contributed by atoms with Crippen molar-refractivity contribution in [1.29, 1.82) is 0 Å². The van der Waals surface area contributed by atoms with E-state index in [-0.39, 0.29) is 12.0 Å². The maximum Gasteiger partial charge on any atom is 0.264 e. The van der Waals surface area contributed by atoms with E-state index in [2.05, 4.69) is 22.0 Å². The van der Waals surface area contributed by atoms with E-state index in [1.54, 1.807) is 11.3 Å². The fourth-order valence-electron chi connectivity index (χ4n) is 2.75. The van der Waals surface area contributed by atoms with Crippen molar-refractivity contribution in [3.05, 3.63) is 21.4 Å². The number of fused-ring (bicyclic) bond motifs is 1. The van der Waals surface area contributed by atoms with Gasteiger partial charge in [-0.2, -0.15) is 0 Å². The Hall–Kier alpha value is -0.390. The quantitative estimate of drug-likeness (QED) is 0.772. The monoisotopic (exact) mass is 343 g/mol. The molecule has 0 aromatic carbocycles. The van der Waals surface area contributed by atoms with E-state index in [1.165, 1.54) is 23.3 Å². The molecule has 0 N–H and O–H groups in total. The van der Waals surface area contributed by atoms with Crippen molar-refractivity contribution >= 4 is 33.2 Å². The van der Waals surface area contributed by atoms with Crippen LogP contribution in [-0.4, -0.2) is 41.9 Å². The van der Waals surface area contributed by atoms with Crippen LogP contribution in [0.15, 0.2) is 6.07 Å². The first-order valence-electron chi connectivity index (χ1n) is 6.86. The van der Waals surface area contributed by atoms with E-state index in [4.69, 9.17) is 4.74 Å². The van der Waals surface area contributed by atoms with Gasteiger partial charge in [0.25, 0.3) is 5.91 Å². The molecule has 1 fully saturated rings. The zero-order valence-electron chi connectivity index (χ0n) is 10.9. The summed E-state index contributed by atoms with van der Waals surface area (Å²) in [5.41, 5.74) is 1.41. The van der Waals surface area contributed by atoms with Gasteiger partial charge in [0.05, 0.1) is 17.6 Å². The highest BCUT2D eigenvalue weighted by atomic mass is 79.9. The number of rotatable bonds is 2. The largest absolute Gasteiger partial charge is 0.374 e. The minimum Gasteiger partial charge on any atom is -0.374 e. The molecule has 5 heteroatoms. The first-order valence-corrected chi connectivity index (χ1v) is 8.80. The van der Waals surface area contributed by atoms with Gasteiger partial charge in [-0.15, -0.1) is 11.3 Å². The number of nitrogens with zero attached hydrogens (tertiary/aromatic N) is 1. The van der Waals surface area contributed by atoms with Gasteiger partial charge in [0.15, 0.2) is 0 Å². The van der Waals surface area contributed by atoms with Crippen LogP contribution in [0, 0.1) is 0 Å². The first-order chi connectivity index (χ1) is 9.28. The molecule has 1 unspecified atom stereocenters. The second kappa shape index (κ2) is 5.94. The Bertz CT molecular complexity index is 451. The molecule has 3 nitrogen and oxygen atoms in total. The number of alkyl halides is 1. The molecule has 0 saturated carbocycles. The number of halogens is 1. The van der Waals surface area contributed by atoms with Gasteiger partial charge >= 0.3 is 0 Å².